The molecule has 15 heavy (non-hydrogen) atoms. The topological polar surface area (TPSA) is 42.2 Å². The van der Waals surface area contributed by atoms with Gasteiger partial charge >= 0.3 is 0 Å². The molecule has 1 atom stereocenters. The van der Waals surface area contributed by atoms with E-state index in [1.807, 2.05) is 6.07 Å². The molecule has 0 fully saturated rings. The Labute approximate surface area is 101 Å². The maximum absolute atomic E-state index is 8.71. The molecule has 5 heteroatoms. The summed E-state index contributed by atoms with van der Waals surface area (Å²) in [5.74, 6) is 1.30. The molecule has 0 radical (unpaired) electrons. The Kier molecular flexibility index (Phi) is 3.03. The van der Waals surface area contributed by atoms with Gasteiger partial charge in [-0.1, -0.05) is 0 Å². The summed E-state index contributed by atoms with van der Waals surface area (Å²) in [6.45, 7) is 1.05. The third-order valence-electron chi connectivity index (χ3n) is 2.03. The fourth-order valence-corrected chi connectivity index (χ4v) is 2.05. The van der Waals surface area contributed by atoms with Crippen molar-refractivity contribution in [2.24, 2.45) is 0 Å². The van der Waals surface area contributed by atoms with Gasteiger partial charge in [-0.2, -0.15) is 5.26 Å². The van der Waals surface area contributed by atoms with Crippen LogP contribution in [-0.4, -0.2) is 13.2 Å². The van der Waals surface area contributed by atoms with Crippen LogP contribution in [0.5, 0.6) is 11.5 Å². The molecule has 0 bridgehead atoms. The van der Waals surface area contributed by atoms with Gasteiger partial charge in [-0.3, -0.25) is 0 Å². The van der Waals surface area contributed by atoms with Gasteiger partial charge in [0.1, 0.15) is 18.6 Å². The first-order valence-corrected chi connectivity index (χ1v) is 5.58. The number of nitriles is 1. The third-order valence-corrected chi connectivity index (χ3v) is 2.96. The highest BCUT2D eigenvalue weighted by Gasteiger charge is 2.18. The fraction of sp³-hybridized carbons (Fsp3) is 0.300. The molecular formula is C10H7BrClNO2. The molecule has 1 aliphatic heterocycles. The van der Waals surface area contributed by atoms with Crippen LogP contribution in [0.1, 0.15) is 10.9 Å². The highest BCUT2D eigenvalue weighted by Crippen LogP contribution is 2.40. The summed E-state index contributed by atoms with van der Waals surface area (Å²) in [5.41, 5.74) is 0.704. The Morgan fingerprint density at radius 2 is 2.13 bits per heavy atom. The van der Waals surface area contributed by atoms with Crippen LogP contribution in [0.25, 0.3) is 0 Å². The zero-order valence-corrected chi connectivity index (χ0v) is 10.0. The first-order valence-electron chi connectivity index (χ1n) is 4.35. The molecule has 0 spiro atoms. The summed E-state index contributed by atoms with van der Waals surface area (Å²) in [6, 6.07) is 5.47. The van der Waals surface area contributed by atoms with Crippen molar-refractivity contribution in [2.75, 3.05) is 13.2 Å². The lowest BCUT2D eigenvalue weighted by atomic mass is 10.1. The largest absolute Gasteiger partial charge is 0.486 e. The molecule has 1 aromatic rings. The van der Waals surface area contributed by atoms with Crippen LogP contribution >= 0.6 is 27.5 Å². The maximum atomic E-state index is 8.71. The minimum absolute atomic E-state index is 0.516. The number of halogens is 2. The Morgan fingerprint density at radius 3 is 2.87 bits per heavy atom. The van der Waals surface area contributed by atoms with E-state index in [4.69, 9.17) is 26.3 Å². The minimum atomic E-state index is -0.669. The fourth-order valence-electron chi connectivity index (χ4n) is 1.35. The van der Waals surface area contributed by atoms with E-state index in [2.05, 4.69) is 15.9 Å². The van der Waals surface area contributed by atoms with Crippen molar-refractivity contribution in [1.82, 2.24) is 0 Å². The summed E-state index contributed by atoms with van der Waals surface area (Å²) in [7, 11) is 0. The molecular weight excluding hydrogens is 281 g/mol. The highest BCUT2D eigenvalue weighted by molar-refractivity contribution is 9.10. The lowest BCUT2D eigenvalue weighted by Gasteiger charge is -2.20. The second-order valence-electron chi connectivity index (χ2n) is 3.02. The predicted octanol–water partition coefficient (Wildman–Crippen LogP) is 3.02. The summed E-state index contributed by atoms with van der Waals surface area (Å²) in [4.78, 5) is 0. The van der Waals surface area contributed by atoms with E-state index in [0.29, 0.717) is 30.3 Å². The molecule has 1 aliphatic rings. The van der Waals surface area contributed by atoms with Gasteiger partial charge in [0.15, 0.2) is 11.5 Å². The summed E-state index contributed by atoms with van der Waals surface area (Å²) in [6.07, 6.45) is 0. The van der Waals surface area contributed by atoms with Gasteiger partial charge in [0.05, 0.1) is 10.5 Å². The molecule has 1 unspecified atom stereocenters. The lowest BCUT2D eigenvalue weighted by Crippen LogP contribution is -2.16. The van der Waals surface area contributed by atoms with Crippen LogP contribution in [0.3, 0.4) is 0 Å². The number of fused-ring (bicyclic) bond motifs is 1. The van der Waals surface area contributed by atoms with Gasteiger partial charge in [0.2, 0.25) is 0 Å². The maximum Gasteiger partial charge on any atom is 0.175 e. The average Bonchev–Trinajstić information content (AvgIpc) is 2.28. The zero-order chi connectivity index (χ0) is 10.8. The number of hydrogen-bond acceptors (Lipinski definition) is 3. The molecule has 3 nitrogen and oxygen atoms in total. The van der Waals surface area contributed by atoms with Gasteiger partial charge in [-0.15, -0.1) is 11.6 Å². The zero-order valence-electron chi connectivity index (χ0n) is 7.67. The second-order valence-corrected chi connectivity index (χ2v) is 4.31. The molecule has 78 valence electrons. The number of benzene rings is 1. The van der Waals surface area contributed by atoms with Crippen LogP contribution in [0.4, 0.5) is 0 Å². The van der Waals surface area contributed by atoms with Gasteiger partial charge in [0.25, 0.3) is 0 Å². The van der Waals surface area contributed by atoms with Crippen molar-refractivity contribution in [3.63, 3.8) is 0 Å². The van der Waals surface area contributed by atoms with Crippen molar-refractivity contribution >= 4 is 27.5 Å². The number of rotatable bonds is 1. The molecule has 0 amide bonds. The third kappa shape index (κ3) is 2.04. The van der Waals surface area contributed by atoms with Crippen molar-refractivity contribution in [3.05, 3.63) is 22.2 Å². The molecule has 1 heterocycles. The number of nitrogens with zero attached hydrogens (tertiary/aromatic N) is 1. The monoisotopic (exact) mass is 287 g/mol. The van der Waals surface area contributed by atoms with Gasteiger partial charge < -0.3 is 9.47 Å². The van der Waals surface area contributed by atoms with E-state index < -0.39 is 5.38 Å². The van der Waals surface area contributed by atoms with Crippen molar-refractivity contribution in [1.29, 1.82) is 5.26 Å². The quantitative estimate of drug-likeness (QED) is 0.746. The number of ether oxygens (including phenoxy) is 2. The van der Waals surface area contributed by atoms with E-state index in [1.54, 1.807) is 12.1 Å². The van der Waals surface area contributed by atoms with Crippen molar-refractivity contribution in [3.8, 4) is 17.6 Å². The molecule has 0 saturated heterocycles. The van der Waals surface area contributed by atoms with Crippen molar-refractivity contribution in [2.45, 2.75) is 5.38 Å². The first-order chi connectivity index (χ1) is 7.22. The molecule has 0 aliphatic carbocycles. The Bertz CT molecular complexity index is 430. The van der Waals surface area contributed by atoms with E-state index in [-0.39, 0.29) is 0 Å². The predicted molar refractivity (Wildman–Crippen MR) is 59.3 cm³/mol. The molecule has 0 N–H and O–H groups in total. The SMILES string of the molecule is N#CC(Cl)c1cc(Br)c2c(c1)OCCO2. The molecule has 2 rings (SSSR count). The van der Waals surface area contributed by atoms with Crippen LogP contribution in [0, 0.1) is 11.3 Å². The van der Waals surface area contributed by atoms with Gasteiger partial charge in [-0.25, -0.2) is 0 Å². The van der Waals surface area contributed by atoms with E-state index in [0.717, 1.165) is 4.47 Å². The molecule has 0 saturated carbocycles. The van der Waals surface area contributed by atoms with Crippen molar-refractivity contribution < 1.29 is 9.47 Å². The van der Waals surface area contributed by atoms with E-state index in [1.165, 1.54) is 0 Å². The Morgan fingerprint density at radius 1 is 1.40 bits per heavy atom. The highest BCUT2D eigenvalue weighted by atomic mass is 79.9. The molecule has 0 aromatic heterocycles. The first kappa shape index (κ1) is 10.6. The van der Waals surface area contributed by atoms with Crippen LogP contribution < -0.4 is 9.47 Å². The van der Waals surface area contributed by atoms with Crippen LogP contribution in [0.15, 0.2) is 16.6 Å². The van der Waals surface area contributed by atoms with Crippen LogP contribution in [0.2, 0.25) is 0 Å². The summed E-state index contributed by atoms with van der Waals surface area (Å²) in [5, 5.41) is 8.04. The normalized spacial score (nSPS) is 15.5. The second kappa shape index (κ2) is 4.30. The van der Waals surface area contributed by atoms with Gasteiger partial charge in [0, 0.05) is 0 Å². The van der Waals surface area contributed by atoms with Crippen LogP contribution in [-0.2, 0) is 0 Å². The minimum Gasteiger partial charge on any atom is -0.486 e. The molecule has 1 aromatic carbocycles. The average molecular weight is 289 g/mol. The number of hydrogen-bond donors (Lipinski definition) is 0. The number of alkyl halides is 1. The van der Waals surface area contributed by atoms with Gasteiger partial charge in [-0.05, 0) is 33.6 Å². The van der Waals surface area contributed by atoms with E-state index in [9.17, 15) is 0 Å². The van der Waals surface area contributed by atoms with E-state index >= 15 is 0 Å². The summed E-state index contributed by atoms with van der Waals surface area (Å²) >= 11 is 9.18. The standard InChI is InChI=1S/C10H7BrClNO2/c11-7-3-6(8(12)5-13)4-9-10(7)15-2-1-14-9/h3-4,8H,1-2H2. The summed E-state index contributed by atoms with van der Waals surface area (Å²) < 4.78 is 11.6. The Balaban J connectivity index is 2.46. The lowest BCUT2D eigenvalue weighted by molar-refractivity contribution is 0.170. The Hall–Kier alpha value is -0.920. The smallest absolute Gasteiger partial charge is 0.175 e.